The molecule has 0 aliphatic heterocycles. The maximum atomic E-state index is 4.04. The van der Waals surface area contributed by atoms with Crippen molar-refractivity contribution in [2.45, 2.75) is 37.9 Å². The van der Waals surface area contributed by atoms with E-state index in [1.807, 2.05) is 0 Å². The van der Waals surface area contributed by atoms with Crippen molar-refractivity contribution in [2.75, 3.05) is 0 Å². The number of halogens is 1. The molecule has 0 nitrogen and oxygen atoms in total. The quantitative estimate of drug-likeness (QED) is 0.463. The predicted octanol–water partition coefficient (Wildman–Crippen LogP) is 3.76. The van der Waals surface area contributed by atoms with E-state index in [2.05, 4.69) is 36.4 Å². The summed E-state index contributed by atoms with van der Waals surface area (Å²) in [6.07, 6.45) is 3.86. The van der Waals surface area contributed by atoms with Crippen molar-refractivity contribution >= 4 is 15.9 Å². The van der Waals surface area contributed by atoms with Gasteiger partial charge in [-0.05, 0) is 31.1 Å². The Morgan fingerprint density at radius 1 is 1.55 bits per heavy atom. The van der Waals surface area contributed by atoms with Crippen molar-refractivity contribution in [1.29, 1.82) is 0 Å². The summed E-state index contributed by atoms with van der Waals surface area (Å²) in [5.41, 5.74) is 1.39. The molecule has 11 heavy (non-hydrogen) atoms. The molecule has 0 aromatic heterocycles. The Morgan fingerprint density at radius 2 is 2.18 bits per heavy atom. The molecule has 0 heterocycles. The number of hydrogen-bond donors (Lipinski definition) is 0. The summed E-state index contributed by atoms with van der Waals surface area (Å²) < 4.78 is 0. The third kappa shape index (κ3) is 2.33. The third-order valence-corrected chi connectivity index (χ3v) is 3.75. The fraction of sp³-hybridized carbons (Fsp3) is 0.800. The van der Waals surface area contributed by atoms with Gasteiger partial charge in [-0.3, -0.25) is 0 Å². The van der Waals surface area contributed by atoms with Crippen LogP contribution in [-0.2, 0) is 0 Å². The maximum Gasteiger partial charge on any atom is 0.0354 e. The summed E-state index contributed by atoms with van der Waals surface area (Å²) in [5, 5.41) is 0. The lowest BCUT2D eigenvalue weighted by Gasteiger charge is -2.30. The highest BCUT2D eigenvalue weighted by molar-refractivity contribution is 9.09. The van der Waals surface area contributed by atoms with Crippen LogP contribution in [0.25, 0.3) is 0 Å². The first-order valence-electron chi connectivity index (χ1n) is 4.43. The summed E-state index contributed by atoms with van der Waals surface area (Å²) in [6.45, 7) is 8.68. The largest absolute Gasteiger partial charge is 0.0987 e. The van der Waals surface area contributed by atoms with Crippen molar-refractivity contribution < 1.29 is 0 Å². The summed E-state index contributed by atoms with van der Waals surface area (Å²) in [6, 6.07) is 0. The zero-order chi connectivity index (χ0) is 8.43. The van der Waals surface area contributed by atoms with Crippen LogP contribution < -0.4 is 0 Å². The van der Waals surface area contributed by atoms with Gasteiger partial charge in [0.2, 0.25) is 0 Å². The molecule has 1 fully saturated rings. The lowest BCUT2D eigenvalue weighted by molar-refractivity contribution is 0.317. The Balaban J connectivity index is 2.46. The molecule has 1 rings (SSSR count). The summed E-state index contributed by atoms with van der Waals surface area (Å²) in [4.78, 5) is 0.587. The topological polar surface area (TPSA) is 0 Å². The van der Waals surface area contributed by atoms with Crippen molar-refractivity contribution in [2.24, 2.45) is 11.8 Å². The van der Waals surface area contributed by atoms with Crippen LogP contribution in [0.15, 0.2) is 12.2 Å². The van der Waals surface area contributed by atoms with E-state index in [-0.39, 0.29) is 0 Å². The predicted molar refractivity (Wildman–Crippen MR) is 54.0 cm³/mol. The van der Waals surface area contributed by atoms with Gasteiger partial charge in [-0.2, -0.15) is 0 Å². The number of hydrogen-bond acceptors (Lipinski definition) is 0. The second kappa shape index (κ2) is 3.75. The van der Waals surface area contributed by atoms with Crippen LogP contribution in [0, 0.1) is 11.8 Å². The van der Waals surface area contributed by atoms with E-state index in [1.165, 1.54) is 24.8 Å². The average molecular weight is 217 g/mol. The number of rotatable bonds is 1. The molecule has 1 heteroatoms. The van der Waals surface area contributed by atoms with Gasteiger partial charge in [-0.15, -0.1) is 0 Å². The van der Waals surface area contributed by atoms with E-state index in [0.29, 0.717) is 4.83 Å². The fourth-order valence-electron chi connectivity index (χ4n) is 1.68. The Kier molecular flexibility index (Phi) is 3.17. The Bertz CT molecular complexity index is 149. The molecule has 0 saturated heterocycles. The van der Waals surface area contributed by atoms with Gasteiger partial charge in [-0.1, -0.05) is 41.9 Å². The van der Waals surface area contributed by atoms with Gasteiger partial charge < -0.3 is 0 Å². The molecular weight excluding hydrogens is 200 g/mol. The number of alkyl halides is 1. The zero-order valence-electron chi connectivity index (χ0n) is 7.44. The lowest BCUT2D eigenvalue weighted by atomic mass is 9.80. The standard InChI is InChI=1S/C10H17Br/c1-7(2)9-5-4-8(3)10(11)6-9/h7,9-10H,3-6H2,1-2H3. The lowest BCUT2D eigenvalue weighted by Crippen LogP contribution is -2.21. The molecule has 0 spiro atoms. The van der Waals surface area contributed by atoms with E-state index in [4.69, 9.17) is 0 Å². The van der Waals surface area contributed by atoms with Crippen molar-refractivity contribution in [1.82, 2.24) is 0 Å². The molecule has 0 radical (unpaired) electrons. The highest BCUT2D eigenvalue weighted by Crippen LogP contribution is 2.35. The highest BCUT2D eigenvalue weighted by atomic mass is 79.9. The summed E-state index contributed by atoms with van der Waals surface area (Å²) in [7, 11) is 0. The van der Waals surface area contributed by atoms with Crippen LogP contribution in [0.2, 0.25) is 0 Å². The molecule has 0 bridgehead atoms. The first-order chi connectivity index (χ1) is 5.11. The normalized spacial score (nSPS) is 32.9. The molecule has 0 amide bonds. The molecule has 0 N–H and O–H groups in total. The first-order valence-corrected chi connectivity index (χ1v) is 5.34. The molecule has 1 saturated carbocycles. The van der Waals surface area contributed by atoms with Gasteiger partial charge in [-0.25, -0.2) is 0 Å². The van der Waals surface area contributed by atoms with Crippen molar-refractivity contribution in [3.63, 3.8) is 0 Å². The van der Waals surface area contributed by atoms with Gasteiger partial charge in [0.25, 0.3) is 0 Å². The fourth-order valence-corrected chi connectivity index (χ4v) is 2.39. The molecular formula is C10H17Br. The zero-order valence-corrected chi connectivity index (χ0v) is 9.02. The van der Waals surface area contributed by atoms with Crippen LogP contribution in [-0.4, -0.2) is 4.83 Å². The minimum Gasteiger partial charge on any atom is -0.0987 e. The third-order valence-electron chi connectivity index (χ3n) is 2.73. The van der Waals surface area contributed by atoms with Gasteiger partial charge in [0, 0.05) is 4.83 Å². The van der Waals surface area contributed by atoms with E-state index >= 15 is 0 Å². The van der Waals surface area contributed by atoms with Crippen LogP contribution in [0.3, 0.4) is 0 Å². The van der Waals surface area contributed by atoms with Gasteiger partial charge in [0.15, 0.2) is 0 Å². The molecule has 1 aliphatic rings. The van der Waals surface area contributed by atoms with Crippen molar-refractivity contribution in [3.05, 3.63) is 12.2 Å². The van der Waals surface area contributed by atoms with Gasteiger partial charge in [0.1, 0.15) is 0 Å². The number of allylic oxidation sites excluding steroid dienone is 1. The van der Waals surface area contributed by atoms with E-state index in [0.717, 1.165) is 11.8 Å². The highest BCUT2D eigenvalue weighted by Gasteiger charge is 2.24. The van der Waals surface area contributed by atoms with Gasteiger partial charge >= 0.3 is 0 Å². The average Bonchev–Trinajstić information content (AvgIpc) is 1.94. The summed E-state index contributed by atoms with van der Waals surface area (Å²) >= 11 is 3.66. The minimum absolute atomic E-state index is 0.587. The van der Waals surface area contributed by atoms with Gasteiger partial charge in [0.05, 0.1) is 0 Å². The monoisotopic (exact) mass is 216 g/mol. The second-order valence-corrected chi connectivity index (χ2v) is 5.01. The van der Waals surface area contributed by atoms with E-state index in [9.17, 15) is 0 Å². The van der Waals surface area contributed by atoms with Crippen LogP contribution >= 0.6 is 15.9 Å². The summed E-state index contributed by atoms with van der Waals surface area (Å²) in [5.74, 6) is 1.74. The first kappa shape index (κ1) is 9.31. The molecule has 64 valence electrons. The minimum atomic E-state index is 0.587. The molecule has 0 aromatic rings. The molecule has 2 unspecified atom stereocenters. The Morgan fingerprint density at radius 3 is 2.64 bits per heavy atom. The van der Waals surface area contributed by atoms with E-state index in [1.54, 1.807) is 0 Å². The van der Waals surface area contributed by atoms with Crippen LogP contribution in [0.5, 0.6) is 0 Å². The maximum absolute atomic E-state index is 4.04. The Labute approximate surface area is 78.2 Å². The smallest absolute Gasteiger partial charge is 0.0354 e. The van der Waals surface area contributed by atoms with Crippen LogP contribution in [0.4, 0.5) is 0 Å². The second-order valence-electron chi connectivity index (χ2n) is 3.90. The SMILES string of the molecule is C=C1CCC(C(C)C)CC1Br. The molecule has 2 atom stereocenters. The van der Waals surface area contributed by atoms with E-state index < -0.39 is 0 Å². The molecule has 0 aromatic carbocycles. The van der Waals surface area contributed by atoms with Crippen LogP contribution in [0.1, 0.15) is 33.1 Å². The Hall–Kier alpha value is 0.220. The van der Waals surface area contributed by atoms with Crippen molar-refractivity contribution in [3.8, 4) is 0 Å². The molecule has 1 aliphatic carbocycles.